The van der Waals surface area contributed by atoms with Gasteiger partial charge in [0.05, 0.1) is 12.5 Å². The highest BCUT2D eigenvalue weighted by Gasteiger charge is 2.27. The molecule has 1 fully saturated rings. The second-order valence-electron chi connectivity index (χ2n) is 5.87. The first-order valence-electron chi connectivity index (χ1n) is 8.50. The third-order valence-electron chi connectivity index (χ3n) is 4.21. The first-order chi connectivity index (χ1) is 11.6. The lowest BCUT2D eigenvalue weighted by atomic mass is 9.97. The van der Waals surface area contributed by atoms with Gasteiger partial charge in [0.25, 0.3) is 0 Å². The van der Waals surface area contributed by atoms with Crippen molar-refractivity contribution in [1.29, 1.82) is 0 Å². The summed E-state index contributed by atoms with van der Waals surface area (Å²) in [6, 6.07) is 7.90. The fourth-order valence-electron chi connectivity index (χ4n) is 2.93. The molecule has 1 saturated heterocycles. The number of piperidine rings is 1. The molecule has 5 nitrogen and oxygen atoms in total. The number of esters is 1. The number of aliphatic imine (C=N–C) groups is 1. The molecule has 132 valence electrons. The number of rotatable bonds is 5. The van der Waals surface area contributed by atoms with Crippen molar-refractivity contribution >= 4 is 23.5 Å². The van der Waals surface area contributed by atoms with Crippen LogP contribution in [-0.4, -0.2) is 50.1 Å². The van der Waals surface area contributed by atoms with Crippen LogP contribution in [0.2, 0.25) is 5.02 Å². The van der Waals surface area contributed by atoms with E-state index >= 15 is 0 Å². The summed E-state index contributed by atoms with van der Waals surface area (Å²) in [6.07, 6.45) is 2.51. The van der Waals surface area contributed by atoms with E-state index in [0.717, 1.165) is 49.9 Å². The first kappa shape index (κ1) is 18.6. The van der Waals surface area contributed by atoms with Crippen LogP contribution in [0, 0.1) is 5.92 Å². The van der Waals surface area contributed by atoms with E-state index in [0.29, 0.717) is 6.61 Å². The van der Waals surface area contributed by atoms with Crippen molar-refractivity contribution in [3.05, 3.63) is 34.9 Å². The van der Waals surface area contributed by atoms with Gasteiger partial charge in [0, 0.05) is 31.7 Å². The Morgan fingerprint density at radius 2 is 2.17 bits per heavy atom. The molecule has 1 aromatic rings. The van der Waals surface area contributed by atoms with Gasteiger partial charge in [-0.3, -0.25) is 9.79 Å². The Morgan fingerprint density at radius 1 is 1.42 bits per heavy atom. The number of nitrogens with one attached hydrogen (secondary N) is 1. The zero-order valence-corrected chi connectivity index (χ0v) is 15.2. The zero-order chi connectivity index (χ0) is 17.4. The molecule has 1 N–H and O–H groups in total. The van der Waals surface area contributed by atoms with Crippen LogP contribution in [0.15, 0.2) is 29.3 Å². The molecule has 0 atom stereocenters. The van der Waals surface area contributed by atoms with Crippen molar-refractivity contribution in [2.75, 3.05) is 33.3 Å². The Balaban J connectivity index is 1.77. The van der Waals surface area contributed by atoms with E-state index in [2.05, 4.69) is 21.3 Å². The van der Waals surface area contributed by atoms with Crippen LogP contribution >= 0.6 is 11.6 Å². The van der Waals surface area contributed by atoms with Crippen molar-refractivity contribution in [3.8, 4) is 0 Å². The van der Waals surface area contributed by atoms with Gasteiger partial charge >= 0.3 is 5.97 Å². The Bertz CT molecular complexity index is 569. The van der Waals surface area contributed by atoms with Crippen LogP contribution in [0.1, 0.15) is 25.3 Å². The molecular weight excluding hydrogens is 326 g/mol. The number of ether oxygens (including phenoxy) is 1. The van der Waals surface area contributed by atoms with Gasteiger partial charge in [0.15, 0.2) is 5.96 Å². The molecule has 0 aliphatic carbocycles. The first-order valence-corrected chi connectivity index (χ1v) is 8.88. The van der Waals surface area contributed by atoms with Crippen LogP contribution in [0.4, 0.5) is 0 Å². The summed E-state index contributed by atoms with van der Waals surface area (Å²) >= 11 is 6.01. The average Bonchev–Trinajstić information content (AvgIpc) is 2.59. The van der Waals surface area contributed by atoms with Gasteiger partial charge in [-0.05, 0) is 43.9 Å². The lowest BCUT2D eigenvalue weighted by Gasteiger charge is -2.33. The molecule has 0 bridgehead atoms. The molecule has 0 unspecified atom stereocenters. The summed E-state index contributed by atoms with van der Waals surface area (Å²) in [5.41, 5.74) is 1.20. The van der Waals surface area contributed by atoms with Crippen molar-refractivity contribution in [2.45, 2.75) is 26.2 Å². The second-order valence-corrected chi connectivity index (χ2v) is 6.30. The predicted octanol–water partition coefficient (Wildman–Crippen LogP) is 2.73. The minimum atomic E-state index is -0.0685. The number of likely N-dealkylation sites (tertiary alicyclic amines) is 1. The molecule has 2 rings (SSSR count). The zero-order valence-electron chi connectivity index (χ0n) is 14.4. The Hall–Kier alpha value is -1.75. The van der Waals surface area contributed by atoms with Crippen LogP contribution in [0.25, 0.3) is 0 Å². The molecule has 1 aliphatic rings. The van der Waals surface area contributed by atoms with Crippen molar-refractivity contribution < 1.29 is 9.53 Å². The lowest BCUT2D eigenvalue weighted by molar-refractivity contribution is -0.149. The summed E-state index contributed by atoms with van der Waals surface area (Å²) in [6.45, 7) is 4.73. The van der Waals surface area contributed by atoms with Gasteiger partial charge in [-0.15, -0.1) is 0 Å². The number of nitrogens with zero attached hydrogens (tertiary/aromatic N) is 2. The average molecular weight is 352 g/mol. The standard InChI is InChI=1S/C18H26ClN3O2/c1-3-24-17(23)15-8-11-22(12-9-15)18(20-2)21-10-7-14-5-4-6-16(19)13-14/h4-6,13,15H,3,7-12H2,1-2H3,(H,20,21). The van der Waals surface area contributed by atoms with E-state index in [1.54, 1.807) is 7.05 Å². The van der Waals surface area contributed by atoms with Gasteiger partial charge in [-0.1, -0.05) is 23.7 Å². The quantitative estimate of drug-likeness (QED) is 0.503. The maximum atomic E-state index is 11.8. The van der Waals surface area contributed by atoms with Crippen LogP contribution in [-0.2, 0) is 16.0 Å². The molecule has 1 heterocycles. The molecular formula is C18H26ClN3O2. The van der Waals surface area contributed by atoms with Crippen molar-refractivity contribution in [1.82, 2.24) is 10.2 Å². The third kappa shape index (κ3) is 5.41. The number of halogens is 1. The fraction of sp³-hybridized carbons (Fsp3) is 0.556. The van der Waals surface area contributed by atoms with E-state index in [-0.39, 0.29) is 11.9 Å². The summed E-state index contributed by atoms with van der Waals surface area (Å²) in [7, 11) is 1.79. The molecule has 0 saturated carbocycles. The normalized spacial score (nSPS) is 16.1. The number of hydrogen-bond donors (Lipinski definition) is 1. The van der Waals surface area contributed by atoms with Crippen LogP contribution in [0.3, 0.4) is 0 Å². The summed E-state index contributed by atoms with van der Waals surface area (Å²) < 4.78 is 5.11. The largest absolute Gasteiger partial charge is 0.466 e. The SMILES string of the molecule is CCOC(=O)C1CCN(C(=NC)NCCc2cccc(Cl)c2)CC1. The maximum Gasteiger partial charge on any atom is 0.309 e. The Morgan fingerprint density at radius 3 is 2.79 bits per heavy atom. The molecule has 1 aromatic carbocycles. The van der Waals surface area contributed by atoms with E-state index < -0.39 is 0 Å². The Labute approximate surface area is 149 Å². The van der Waals surface area contributed by atoms with E-state index in [9.17, 15) is 4.79 Å². The monoisotopic (exact) mass is 351 g/mol. The molecule has 0 aromatic heterocycles. The molecule has 0 amide bonds. The number of carbonyl (C=O) groups excluding carboxylic acids is 1. The minimum absolute atomic E-state index is 0.0192. The van der Waals surface area contributed by atoms with E-state index in [1.807, 2.05) is 25.1 Å². The topological polar surface area (TPSA) is 53.9 Å². The second kappa shape index (κ2) is 9.52. The van der Waals surface area contributed by atoms with Crippen molar-refractivity contribution in [3.63, 3.8) is 0 Å². The third-order valence-corrected chi connectivity index (χ3v) is 4.45. The minimum Gasteiger partial charge on any atom is -0.466 e. The number of guanidine groups is 1. The maximum absolute atomic E-state index is 11.8. The number of carbonyl (C=O) groups is 1. The van der Waals surface area contributed by atoms with Gasteiger partial charge in [-0.2, -0.15) is 0 Å². The molecule has 24 heavy (non-hydrogen) atoms. The van der Waals surface area contributed by atoms with Crippen LogP contribution < -0.4 is 5.32 Å². The lowest BCUT2D eigenvalue weighted by Crippen LogP contribution is -2.47. The summed E-state index contributed by atoms with van der Waals surface area (Å²) in [4.78, 5) is 18.4. The van der Waals surface area contributed by atoms with E-state index in [1.165, 1.54) is 5.56 Å². The highest BCUT2D eigenvalue weighted by Crippen LogP contribution is 2.18. The van der Waals surface area contributed by atoms with Crippen molar-refractivity contribution in [2.24, 2.45) is 10.9 Å². The van der Waals surface area contributed by atoms with Gasteiger partial charge < -0.3 is 15.0 Å². The molecule has 0 radical (unpaired) electrons. The molecule has 6 heteroatoms. The summed E-state index contributed by atoms with van der Waals surface area (Å²) in [5.74, 6) is 0.839. The number of benzene rings is 1. The number of hydrogen-bond acceptors (Lipinski definition) is 3. The van der Waals surface area contributed by atoms with Gasteiger partial charge in [0.2, 0.25) is 0 Å². The van der Waals surface area contributed by atoms with E-state index in [4.69, 9.17) is 16.3 Å². The fourth-order valence-corrected chi connectivity index (χ4v) is 3.14. The molecule has 0 spiro atoms. The van der Waals surface area contributed by atoms with Gasteiger partial charge in [-0.25, -0.2) is 0 Å². The van der Waals surface area contributed by atoms with Crippen LogP contribution in [0.5, 0.6) is 0 Å². The summed E-state index contributed by atoms with van der Waals surface area (Å²) in [5, 5.41) is 4.15. The predicted molar refractivity (Wildman–Crippen MR) is 97.4 cm³/mol. The Kier molecular flexibility index (Phi) is 7.37. The smallest absolute Gasteiger partial charge is 0.309 e. The highest BCUT2D eigenvalue weighted by atomic mass is 35.5. The highest BCUT2D eigenvalue weighted by molar-refractivity contribution is 6.30. The van der Waals surface area contributed by atoms with Gasteiger partial charge in [0.1, 0.15) is 0 Å². The molecule has 1 aliphatic heterocycles.